The second-order valence-corrected chi connectivity index (χ2v) is 9.49. The van der Waals surface area contributed by atoms with Gasteiger partial charge in [-0.05, 0) is 30.5 Å². The van der Waals surface area contributed by atoms with Crippen LogP contribution in [0, 0.1) is 5.41 Å². The van der Waals surface area contributed by atoms with Crippen molar-refractivity contribution in [2.24, 2.45) is 5.41 Å². The number of anilines is 1. The number of hydrogen-bond donors (Lipinski definition) is 1. The average Bonchev–Trinajstić information content (AvgIpc) is 3.13. The first-order valence-electron chi connectivity index (χ1n) is 12.0. The number of imide groups is 2. The first-order chi connectivity index (χ1) is 17.0. The highest BCUT2D eigenvalue weighted by Crippen LogP contribution is 2.45. The van der Waals surface area contributed by atoms with E-state index in [9.17, 15) is 19.2 Å². The lowest BCUT2D eigenvalue weighted by Gasteiger charge is -2.50. The lowest BCUT2D eigenvalue weighted by Crippen LogP contribution is -2.72. The van der Waals surface area contributed by atoms with Gasteiger partial charge in [0.1, 0.15) is 11.5 Å². The molecule has 178 valence electrons. The predicted molar refractivity (Wildman–Crippen MR) is 128 cm³/mol. The Labute approximate surface area is 201 Å². The molecule has 6 rings (SSSR count). The fourth-order valence-corrected chi connectivity index (χ4v) is 5.84. The van der Waals surface area contributed by atoms with Crippen LogP contribution in [0.1, 0.15) is 36.8 Å². The molecule has 0 aliphatic carbocycles. The Bertz CT molecular complexity index is 1420. The minimum Gasteiger partial charge on any atom is -0.352 e. The molecule has 3 aliphatic rings. The summed E-state index contributed by atoms with van der Waals surface area (Å²) in [4.78, 5) is 62.1. The summed E-state index contributed by atoms with van der Waals surface area (Å²) in [6, 6.07) is 13.3. The van der Waals surface area contributed by atoms with Crippen LogP contribution < -0.4 is 15.8 Å². The standard InChI is InChI=1S/C26H25N5O4/c32-22-18-15-26(23(33)28-25(35)31(24(26)34)16-17-9-3-1-4-10-17)19-11-5-2-7-13-29(19)21(18)27-20-12-6-8-14-30(20)22/h1,3-4,6,8-10,12,14,19H,2,5,7,11,13,15-16H2,(H,28,33,35)/t19-,26-/m1/s1. The summed E-state index contributed by atoms with van der Waals surface area (Å²) < 4.78 is 1.45. The number of aromatic nitrogens is 2. The Morgan fingerprint density at radius 3 is 2.60 bits per heavy atom. The molecule has 2 aromatic heterocycles. The molecule has 0 bridgehead atoms. The fourth-order valence-electron chi connectivity index (χ4n) is 5.84. The Hall–Kier alpha value is -4.01. The number of nitrogens with one attached hydrogen (secondary N) is 1. The fraction of sp³-hybridized carbons (Fsp3) is 0.346. The van der Waals surface area contributed by atoms with Crippen LogP contribution in [0.5, 0.6) is 0 Å². The van der Waals surface area contributed by atoms with Crippen LogP contribution in [0.2, 0.25) is 0 Å². The summed E-state index contributed by atoms with van der Waals surface area (Å²) in [6.45, 7) is 0.636. The summed E-state index contributed by atoms with van der Waals surface area (Å²) in [5.41, 5.74) is -0.231. The van der Waals surface area contributed by atoms with Crippen LogP contribution in [0.3, 0.4) is 0 Å². The van der Waals surface area contributed by atoms with E-state index in [1.165, 1.54) is 4.40 Å². The molecule has 1 N–H and O–H groups in total. The summed E-state index contributed by atoms with van der Waals surface area (Å²) in [6.07, 6.45) is 4.81. The van der Waals surface area contributed by atoms with E-state index >= 15 is 0 Å². The number of urea groups is 1. The normalized spacial score (nSPS) is 24.2. The third-order valence-corrected chi connectivity index (χ3v) is 7.54. The molecule has 5 heterocycles. The number of hydrogen-bond acceptors (Lipinski definition) is 6. The topological polar surface area (TPSA) is 104 Å². The van der Waals surface area contributed by atoms with Crippen molar-refractivity contribution in [3.63, 3.8) is 0 Å². The average molecular weight is 472 g/mol. The number of rotatable bonds is 2. The van der Waals surface area contributed by atoms with Gasteiger partial charge in [-0.2, -0.15) is 0 Å². The molecule has 3 aliphatic heterocycles. The van der Waals surface area contributed by atoms with E-state index in [4.69, 9.17) is 4.98 Å². The van der Waals surface area contributed by atoms with Crippen LogP contribution in [0.15, 0.2) is 59.5 Å². The summed E-state index contributed by atoms with van der Waals surface area (Å²) in [5.74, 6) is -0.627. The largest absolute Gasteiger partial charge is 0.352 e. The molecule has 3 aromatic rings. The van der Waals surface area contributed by atoms with Gasteiger partial charge in [-0.25, -0.2) is 9.78 Å². The summed E-state index contributed by atoms with van der Waals surface area (Å²) >= 11 is 0. The van der Waals surface area contributed by atoms with E-state index < -0.39 is 29.3 Å². The molecule has 1 aromatic carbocycles. The second kappa shape index (κ2) is 8.04. The lowest BCUT2D eigenvalue weighted by atomic mass is 9.68. The molecular formula is C26H25N5O4. The zero-order valence-corrected chi connectivity index (χ0v) is 19.1. The van der Waals surface area contributed by atoms with E-state index in [-0.39, 0.29) is 18.5 Å². The van der Waals surface area contributed by atoms with Crippen LogP contribution in [0.4, 0.5) is 10.6 Å². The number of fused-ring (bicyclic) bond motifs is 5. The smallest absolute Gasteiger partial charge is 0.331 e. The molecular weight excluding hydrogens is 446 g/mol. The minimum absolute atomic E-state index is 0.0507. The van der Waals surface area contributed by atoms with Crippen molar-refractivity contribution in [3.05, 3.63) is 76.2 Å². The number of pyridine rings is 1. The summed E-state index contributed by atoms with van der Waals surface area (Å²) in [5, 5.41) is 2.45. The van der Waals surface area contributed by atoms with Gasteiger partial charge in [-0.1, -0.05) is 49.2 Å². The van der Waals surface area contributed by atoms with Crippen LogP contribution in [0.25, 0.3) is 5.65 Å². The molecule has 2 atom stereocenters. The van der Waals surface area contributed by atoms with Crippen LogP contribution in [-0.4, -0.2) is 44.7 Å². The van der Waals surface area contributed by atoms with Gasteiger partial charge in [-0.15, -0.1) is 0 Å². The third-order valence-electron chi connectivity index (χ3n) is 7.54. The van der Waals surface area contributed by atoms with E-state index in [0.717, 1.165) is 29.7 Å². The van der Waals surface area contributed by atoms with Crippen molar-refractivity contribution in [2.45, 2.75) is 44.7 Å². The molecule has 0 saturated carbocycles. The first kappa shape index (κ1) is 21.5. The number of barbiturate groups is 1. The molecule has 35 heavy (non-hydrogen) atoms. The van der Waals surface area contributed by atoms with Gasteiger partial charge in [0.15, 0.2) is 5.41 Å². The maximum Gasteiger partial charge on any atom is 0.331 e. The quantitative estimate of drug-likeness (QED) is 0.575. The number of nitrogens with zero attached hydrogens (tertiary/aromatic N) is 4. The highest BCUT2D eigenvalue weighted by molar-refractivity contribution is 6.20. The van der Waals surface area contributed by atoms with Gasteiger partial charge < -0.3 is 4.90 Å². The van der Waals surface area contributed by atoms with Crippen molar-refractivity contribution in [3.8, 4) is 0 Å². The van der Waals surface area contributed by atoms with Gasteiger partial charge >= 0.3 is 6.03 Å². The maximum absolute atomic E-state index is 14.2. The number of carbonyl (C=O) groups excluding carboxylic acids is 3. The van der Waals surface area contributed by atoms with Gasteiger partial charge in [0, 0.05) is 19.2 Å². The summed E-state index contributed by atoms with van der Waals surface area (Å²) in [7, 11) is 0. The Morgan fingerprint density at radius 1 is 0.971 bits per heavy atom. The third kappa shape index (κ3) is 3.18. The van der Waals surface area contributed by atoms with Crippen molar-refractivity contribution in [1.29, 1.82) is 0 Å². The first-order valence-corrected chi connectivity index (χ1v) is 12.0. The highest BCUT2D eigenvalue weighted by atomic mass is 16.2. The van der Waals surface area contributed by atoms with Gasteiger partial charge in [0.2, 0.25) is 11.8 Å². The second-order valence-electron chi connectivity index (χ2n) is 9.49. The zero-order chi connectivity index (χ0) is 24.2. The van der Waals surface area contributed by atoms with Gasteiger partial charge in [-0.3, -0.25) is 29.0 Å². The number of carbonyl (C=O) groups is 3. The molecule has 4 amide bonds. The van der Waals surface area contributed by atoms with Crippen molar-refractivity contribution in [2.75, 3.05) is 11.4 Å². The predicted octanol–water partition coefficient (Wildman–Crippen LogP) is 2.26. The van der Waals surface area contributed by atoms with E-state index in [1.54, 1.807) is 18.3 Å². The minimum atomic E-state index is -1.58. The monoisotopic (exact) mass is 471 g/mol. The van der Waals surface area contributed by atoms with Crippen molar-refractivity contribution >= 4 is 29.3 Å². The molecule has 2 fully saturated rings. The molecule has 2 saturated heterocycles. The van der Waals surface area contributed by atoms with E-state index in [2.05, 4.69) is 5.32 Å². The van der Waals surface area contributed by atoms with Gasteiger partial charge in [0.25, 0.3) is 5.56 Å². The molecule has 9 nitrogen and oxygen atoms in total. The van der Waals surface area contributed by atoms with E-state index in [1.807, 2.05) is 41.3 Å². The lowest BCUT2D eigenvalue weighted by molar-refractivity contribution is -0.154. The molecule has 0 radical (unpaired) electrons. The Balaban J connectivity index is 1.53. The molecule has 9 heteroatoms. The van der Waals surface area contributed by atoms with Crippen molar-refractivity contribution in [1.82, 2.24) is 19.6 Å². The maximum atomic E-state index is 14.2. The van der Waals surface area contributed by atoms with Crippen LogP contribution in [-0.2, 0) is 22.6 Å². The Kier molecular flexibility index (Phi) is 4.94. The highest BCUT2D eigenvalue weighted by Gasteiger charge is 2.62. The van der Waals surface area contributed by atoms with E-state index in [0.29, 0.717) is 30.0 Å². The molecule has 1 spiro atoms. The molecule has 0 unspecified atom stereocenters. The SMILES string of the molecule is O=C1NC(=O)[C@]2(Cc3c(nc4ccccn4c3=O)N3CCCCC[C@@H]32)C(=O)N1Cc1ccccc1. The van der Waals surface area contributed by atoms with Crippen molar-refractivity contribution < 1.29 is 14.4 Å². The zero-order valence-electron chi connectivity index (χ0n) is 19.1. The Morgan fingerprint density at radius 2 is 1.77 bits per heavy atom. The van der Waals surface area contributed by atoms with Gasteiger partial charge in [0.05, 0.1) is 18.2 Å². The number of amides is 4. The number of benzene rings is 1. The van der Waals surface area contributed by atoms with Crippen LogP contribution >= 0.6 is 0 Å².